The summed E-state index contributed by atoms with van der Waals surface area (Å²) in [6.07, 6.45) is -4.66. The maximum absolute atomic E-state index is 13.2. The van der Waals surface area contributed by atoms with E-state index in [9.17, 15) is 27.3 Å². The molecule has 1 unspecified atom stereocenters. The van der Waals surface area contributed by atoms with E-state index in [4.69, 9.17) is 0 Å². The number of anilines is 1. The molecule has 0 aromatic heterocycles. The number of benzene rings is 1. The van der Waals surface area contributed by atoms with Crippen LogP contribution in [0.5, 0.6) is 0 Å². The lowest BCUT2D eigenvalue weighted by atomic mass is 10.1. The fourth-order valence-corrected chi connectivity index (χ4v) is 4.13. The van der Waals surface area contributed by atoms with E-state index in [1.54, 1.807) is 4.90 Å². The van der Waals surface area contributed by atoms with Crippen LogP contribution in [0.3, 0.4) is 0 Å². The molecule has 0 spiro atoms. The van der Waals surface area contributed by atoms with Gasteiger partial charge in [0.05, 0.1) is 11.7 Å². The molecule has 1 amide bonds. The van der Waals surface area contributed by atoms with Gasteiger partial charge in [-0.2, -0.15) is 13.2 Å². The van der Waals surface area contributed by atoms with Crippen molar-refractivity contribution in [2.75, 3.05) is 42.6 Å². The lowest BCUT2D eigenvalue weighted by Gasteiger charge is -2.27. The van der Waals surface area contributed by atoms with Crippen molar-refractivity contribution in [3.8, 4) is 0 Å². The van der Waals surface area contributed by atoms with Crippen molar-refractivity contribution in [1.29, 1.82) is 0 Å². The Hall–Kier alpha value is -1.61. The minimum atomic E-state index is -4.56. The number of hydrogen-bond donors (Lipinski definition) is 1. The van der Waals surface area contributed by atoms with Crippen LogP contribution < -0.4 is 4.90 Å². The van der Waals surface area contributed by atoms with Crippen molar-refractivity contribution in [3.63, 3.8) is 0 Å². The number of nitrogens with zero attached hydrogens (tertiary/aromatic N) is 2. The maximum atomic E-state index is 13.2. The molecule has 2 fully saturated rings. The number of rotatable bonds is 2. The predicted molar refractivity (Wildman–Crippen MR) is 88.1 cm³/mol. The molecule has 2 saturated heterocycles. The van der Waals surface area contributed by atoms with Gasteiger partial charge in [-0.15, -0.1) is 0 Å². The molecule has 2 aliphatic rings. The minimum Gasteiger partial charge on any atom is -0.391 e. The maximum Gasteiger partial charge on any atom is 0.416 e. The molecule has 1 aromatic carbocycles. The molecule has 1 N–H and O–H groups in total. The van der Waals surface area contributed by atoms with Gasteiger partial charge in [-0.05, 0) is 24.6 Å². The summed E-state index contributed by atoms with van der Waals surface area (Å²) in [6.45, 7) is 1.25. The van der Waals surface area contributed by atoms with Gasteiger partial charge in [-0.25, -0.2) is 0 Å². The number of carbonyl (C=O) groups excluding carboxylic acids is 1. The van der Waals surface area contributed by atoms with E-state index in [2.05, 4.69) is 0 Å². The smallest absolute Gasteiger partial charge is 0.391 e. The molecule has 0 saturated carbocycles. The molecule has 0 radical (unpaired) electrons. The van der Waals surface area contributed by atoms with Crippen LogP contribution >= 0.6 is 0 Å². The van der Waals surface area contributed by atoms with Crippen LogP contribution in [0, 0.1) is 0 Å². The Morgan fingerprint density at radius 1 is 1.16 bits per heavy atom. The van der Waals surface area contributed by atoms with Crippen molar-refractivity contribution in [2.24, 2.45) is 0 Å². The van der Waals surface area contributed by atoms with Crippen LogP contribution in [0.25, 0.3) is 0 Å². The van der Waals surface area contributed by atoms with Crippen LogP contribution in [0.4, 0.5) is 18.9 Å². The lowest BCUT2D eigenvalue weighted by molar-refractivity contribution is -0.137. The Morgan fingerprint density at radius 2 is 1.84 bits per heavy atom. The molecule has 1 aromatic rings. The monoisotopic (exact) mass is 376 g/mol. The molecule has 0 bridgehead atoms. The number of aliphatic hydroxyl groups is 1. The third kappa shape index (κ3) is 4.14. The highest BCUT2D eigenvalue weighted by molar-refractivity contribution is 7.85. The zero-order chi connectivity index (χ0) is 18.2. The average molecular weight is 376 g/mol. The van der Waals surface area contributed by atoms with Gasteiger partial charge < -0.3 is 14.9 Å². The Labute approximate surface area is 145 Å². The van der Waals surface area contributed by atoms with Crippen molar-refractivity contribution in [1.82, 2.24) is 4.90 Å². The van der Waals surface area contributed by atoms with Gasteiger partial charge in [0.1, 0.15) is 0 Å². The second-order valence-corrected chi connectivity index (χ2v) is 7.99. The number of β-amino-alcohol motifs (C(OH)–C–C–N with tert-alkyl or cyclic N) is 1. The molecule has 9 heteroatoms. The van der Waals surface area contributed by atoms with Crippen LogP contribution in [0.15, 0.2) is 18.2 Å². The molecule has 0 aliphatic carbocycles. The fourth-order valence-electron chi connectivity index (χ4n) is 3.08. The van der Waals surface area contributed by atoms with Crippen LogP contribution in [0.1, 0.15) is 22.3 Å². The van der Waals surface area contributed by atoms with Gasteiger partial charge in [0.15, 0.2) is 0 Å². The Bertz CT molecular complexity index is 686. The number of hydrogen-bond acceptors (Lipinski definition) is 4. The third-order valence-electron chi connectivity index (χ3n) is 4.49. The highest BCUT2D eigenvalue weighted by atomic mass is 32.2. The summed E-state index contributed by atoms with van der Waals surface area (Å²) in [4.78, 5) is 15.7. The molecular formula is C16H19F3N2O3S. The normalized spacial score (nSPS) is 22.5. The van der Waals surface area contributed by atoms with Crippen molar-refractivity contribution < 1.29 is 27.3 Å². The summed E-state index contributed by atoms with van der Waals surface area (Å²) < 4.78 is 51.1. The largest absolute Gasteiger partial charge is 0.416 e. The second-order valence-electron chi connectivity index (χ2n) is 6.30. The molecule has 3 rings (SSSR count). The molecule has 25 heavy (non-hydrogen) atoms. The van der Waals surface area contributed by atoms with Gasteiger partial charge in [0, 0.05) is 59.7 Å². The van der Waals surface area contributed by atoms with Crippen molar-refractivity contribution in [3.05, 3.63) is 29.3 Å². The Balaban J connectivity index is 1.92. The SMILES string of the molecule is O=C(c1cc(N2CCC(O)C2)cc(C(F)(F)F)c1)N1CCS(=O)CC1. The summed E-state index contributed by atoms with van der Waals surface area (Å²) in [5.41, 5.74) is -0.621. The first-order valence-electron chi connectivity index (χ1n) is 8.03. The summed E-state index contributed by atoms with van der Waals surface area (Å²) in [5.74, 6) is 0.204. The van der Waals surface area contributed by atoms with E-state index in [0.29, 0.717) is 24.5 Å². The number of amides is 1. The number of alkyl halides is 3. The van der Waals surface area contributed by atoms with Gasteiger partial charge in [0.2, 0.25) is 0 Å². The molecule has 1 atom stereocenters. The van der Waals surface area contributed by atoms with Gasteiger partial charge in [-0.3, -0.25) is 9.00 Å². The fraction of sp³-hybridized carbons (Fsp3) is 0.562. The molecule has 2 aliphatic heterocycles. The molecule has 5 nitrogen and oxygen atoms in total. The number of aliphatic hydroxyl groups excluding tert-OH is 1. The lowest BCUT2D eigenvalue weighted by Crippen LogP contribution is -2.41. The van der Waals surface area contributed by atoms with Crippen LogP contribution in [0.2, 0.25) is 0 Å². The van der Waals surface area contributed by atoms with Crippen LogP contribution in [-0.4, -0.2) is 63.9 Å². The summed E-state index contributed by atoms with van der Waals surface area (Å²) in [6, 6.07) is 3.32. The Morgan fingerprint density at radius 3 is 2.40 bits per heavy atom. The summed E-state index contributed by atoms with van der Waals surface area (Å²) in [5, 5.41) is 9.63. The second kappa shape index (κ2) is 6.95. The van der Waals surface area contributed by atoms with Gasteiger partial charge in [-0.1, -0.05) is 0 Å². The van der Waals surface area contributed by atoms with E-state index in [0.717, 1.165) is 12.1 Å². The predicted octanol–water partition coefficient (Wildman–Crippen LogP) is 1.48. The summed E-state index contributed by atoms with van der Waals surface area (Å²) in [7, 11) is -0.973. The first-order chi connectivity index (χ1) is 11.7. The highest BCUT2D eigenvalue weighted by Gasteiger charge is 2.34. The number of carbonyl (C=O) groups is 1. The third-order valence-corrected chi connectivity index (χ3v) is 5.76. The Kier molecular flexibility index (Phi) is 5.06. The van der Waals surface area contributed by atoms with E-state index in [-0.39, 0.29) is 30.9 Å². The quantitative estimate of drug-likeness (QED) is 0.850. The molecular weight excluding hydrogens is 357 g/mol. The average Bonchev–Trinajstić information content (AvgIpc) is 3.00. The number of halogens is 3. The van der Waals surface area contributed by atoms with E-state index in [1.165, 1.54) is 11.0 Å². The zero-order valence-electron chi connectivity index (χ0n) is 13.5. The molecule has 138 valence electrons. The molecule has 2 heterocycles. The van der Waals surface area contributed by atoms with Gasteiger partial charge >= 0.3 is 6.18 Å². The van der Waals surface area contributed by atoms with E-state index in [1.807, 2.05) is 0 Å². The van der Waals surface area contributed by atoms with E-state index >= 15 is 0 Å². The summed E-state index contributed by atoms with van der Waals surface area (Å²) >= 11 is 0. The van der Waals surface area contributed by atoms with Crippen LogP contribution in [-0.2, 0) is 17.0 Å². The first-order valence-corrected chi connectivity index (χ1v) is 9.52. The minimum absolute atomic E-state index is 0.0288. The zero-order valence-corrected chi connectivity index (χ0v) is 14.3. The van der Waals surface area contributed by atoms with Crippen molar-refractivity contribution in [2.45, 2.75) is 18.7 Å². The topological polar surface area (TPSA) is 60.9 Å². The first kappa shape index (κ1) is 18.2. The van der Waals surface area contributed by atoms with E-state index < -0.39 is 34.6 Å². The standard InChI is InChI=1S/C16H19F3N2O3S/c17-16(18,19)12-7-11(15(23)20-3-5-25(24)6-4-20)8-13(9-12)21-2-1-14(22)10-21/h7-9,14,22H,1-6,10H2. The van der Waals surface area contributed by atoms with Crippen molar-refractivity contribution >= 4 is 22.4 Å². The highest BCUT2D eigenvalue weighted by Crippen LogP contribution is 2.34. The van der Waals surface area contributed by atoms with Gasteiger partial charge in [0.25, 0.3) is 5.91 Å².